The van der Waals surface area contributed by atoms with Crippen LogP contribution < -0.4 is 5.32 Å². The number of benzene rings is 1. The highest BCUT2D eigenvalue weighted by Gasteiger charge is 2.17. The van der Waals surface area contributed by atoms with E-state index in [1.165, 1.54) is 11.1 Å². The van der Waals surface area contributed by atoms with Gasteiger partial charge >= 0.3 is 0 Å². The molecule has 1 atom stereocenters. The summed E-state index contributed by atoms with van der Waals surface area (Å²) in [6, 6.07) is 10.9. The summed E-state index contributed by atoms with van der Waals surface area (Å²) in [7, 11) is 0. The largest absolute Gasteiger partial charge is 0.501 e. The molecule has 2 rings (SSSR count). The van der Waals surface area contributed by atoms with Crippen LogP contribution in [0.5, 0.6) is 0 Å². The Morgan fingerprint density at radius 3 is 2.76 bits per heavy atom. The second-order valence-corrected chi connectivity index (χ2v) is 4.46. The van der Waals surface area contributed by atoms with Crippen LogP contribution in [0.1, 0.15) is 37.8 Å². The average Bonchev–Trinajstić information content (AvgIpc) is 2.42. The zero-order valence-corrected chi connectivity index (χ0v) is 10.5. The van der Waals surface area contributed by atoms with Gasteiger partial charge in [0.1, 0.15) is 0 Å². The van der Waals surface area contributed by atoms with Crippen molar-refractivity contribution in [2.45, 2.75) is 32.2 Å². The molecule has 0 saturated heterocycles. The molecule has 92 valence electrons. The second kappa shape index (κ2) is 6.45. The van der Waals surface area contributed by atoms with Crippen LogP contribution in [-0.4, -0.2) is 13.2 Å². The molecular weight excluding hydrogens is 210 g/mol. The second-order valence-electron chi connectivity index (χ2n) is 4.46. The molecule has 1 N–H and O–H groups in total. The van der Waals surface area contributed by atoms with Gasteiger partial charge in [-0.2, -0.15) is 0 Å². The van der Waals surface area contributed by atoms with Gasteiger partial charge < -0.3 is 10.1 Å². The standard InChI is InChI=1S/C15H21NO/c1-2-10-16-15(13-7-4-3-5-8-13)14-9-6-11-17-12-14/h3-5,7-8,12,15-16H,2,6,9-11H2,1H3. The van der Waals surface area contributed by atoms with E-state index in [1.54, 1.807) is 0 Å². The maximum atomic E-state index is 5.46. The van der Waals surface area contributed by atoms with Gasteiger partial charge in [-0.05, 0) is 36.9 Å². The van der Waals surface area contributed by atoms with E-state index in [0.29, 0.717) is 6.04 Å². The van der Waals surface area contributed by atoms with Gasteiger partial charge in [0.25, 0.3) is 0 Å². The van der Waals surface area contributed by atoms with Gasteiger partial charge in [-0.3, -0.25) is 0 Å². The van der Waals surface area contributed by atoms with E-state index in [2.05, 4.69) is 42.6 Å². The molecular formula is C15H21NO. The maximum Gasteiger partial charge on any atom is 0.0876 e. The molecule has 0 aliphatic carbocycles. The molecule has 0 spiro atoms. The Kier molecular flexibility index (Phi) is 4.63. The van der Waals surface area contributed by atoms with Gasteiger partial charge in [-0.25, -0.2) is 0 Å². The molecule has 2 nitrogen and oxygen atoms in total. The first-order chi connectivity index (χ1) is 8.42. The van der Waals surface area contributed by atoms with E-state index in [-0.39, 0.29) is 0 Å². The molecule has 0 saturated carbocycles. The Balaban J connectivity index is 2.15. The highest BCUT2D eigenvalue weighted by Crippen LogP contribution is 2.27. The van der Waals surface area contributed by atoms with Gasteiger partial charge in [0.05, 0.1) is 18.9 Å². The molecule has 1 heterocycles. The lowest BCUT2D eigenvalue weighted by Crippen LogP contribution is -2.25. The highest BCUT2D eigenvalue weighted by atomic mass is 16.5. The summed E-state index contributed by atoms with van der Waals surface area (Å²) in [5, 5.41) is 3.61. The van der Waals surface area contributed by atoms with E-state index in [9.17, 15) is 0 Å². The fourth-order valence-corrected chi connectivity index (χ4v) is 2.19. The first kappa shape index (κ1) is 12.2. The third kappa shape index (κ3) is 3.34. The van der Waals surface area contributed by atoms with Crippen LogP contribution in [0.15, 0.2) is 42.2 Å². The SMILES string of the molecule is CCCNC(C1=COCCC1)c1ccccc1. The van der Waals surface area contributed by atoms with E-state index >= 15 is 0 Å². The lowest BCUT2D eigenvalue weighted by Gasteiger charge is -2.24. The minimum absolute atomic E-state index is 0.316. The molecule has 2 heteroatoms. The van der Waals surface area contributed by atoms with Crippen molar-refractivity contribution in [3.8, 4) is 0 Å². The number of ether oxygens (including phenoxy) is 1. The molecule has 1 aromatic rings. The summed E-state index contributed by atoms with van der Waals surface area (Å²) in [5.41, 5.74) is 2.70. The summed E-state index contributed by atoms with van der Waals surface area (Å²) in [4.78, 5) is 0. The molecule has 0 amide bonds. The molecule has 1 aliphatic heterocycles. The summed E-state index contributed by atoms with van der Waals surface area (Å²) >= 11 is 0. The molecule has 0 bridgehead atoms. The van der Waals surface area contributed by atoms with Crippen LogP contribution in [0.4, 0.5) is 0 Å². The van der Waals surface area contributed by atoms with Gasteiger partial charge in [0, 0.05) is 0 Å². The Morgan fingerprint density at radius 1 is 1.29 bits per heavy atom. The highest BCUT2D eigenvalue weighted by molar-refractivity contribution is 5.28. The molecule has 0 fully saturated rings. The molecule has 0 radical (unpaired) electrons. The van der Waals surface area contributed by atoms with E-state index in [4.69, 9.17) is 4.74 Å². The number of hydrogen-bond acceptors (Lipinski definition) is 2. The van der Waals surface area contributed by atoms with Crippen LogP contribution in [-0.2, 0) is 4.74 Å². The maximum absolute atomic E-state index is 5.46. The third-order valence-corrected chi connectivity index (χ3v) is 3.06. The minimum Gasteiger partial charge on any atom is -0.501 e. The fraction of sp³-hybridized carbons (Fsp3) is 0.467. The predicted molar refractivity (Wildman–Crippen MR) is 70.7 cm³/mol. The summed E-state index contributed by atoms with van der Waals surface area (Å²) < 4.78 is 5.46. The summed E-state index contributed by atoms with van der Waals surface area (Å²) in [6.45, 7) is 4.09. The first-order valence-corrected chi connectivity index (χ1v) is 6.50. The molecule has 17 heavy (non-hydrogen) atoms. The number of rotatable bonds is 5. The fourth-order valence-electron chi connectivity index (χ4n) is 2.19. The third-order valence-electron chi connectivity index (χ3n) is 3.06. The van der Waals surface area contributed by atoms with Crippen molar-refractivity contribution in [2.75, 3.05) is 13.2 Å². The summed E-state index contributed by atoms with van der Waals surface area (Å²) in [5.74, 6) is 0. The number of hydrogen-bond donors (Lipinski definition) is 1. The van der Waals surface area contributed by atoms with Crippen molar-refractivity contribution >= 4 is 0 Å². The Labute approximate surface area is 104 Å². The van der Waals surface area contributed by atoms with Crippen molar-refractivity contribution in [3.05, 3.63) is 47.7 Å². The predicted octanol–water partition coefficient (Wildman–Crippen LogP) is 3.42. The van der Waals surface area contributed by atoms with E-state index < -0.39 is 0 Å². The smallest absolute Gasteiger partial charge is 0.0876 e. The zero-order valence-electron chi connectivity index (χ0n) is 10.5. The minimum atomic E-state index is 0.316. The summed E-state index contributed by atoms with van der Waals surface area (Å²) in [6.07, 6.45) is 5.36. The van der Waals surface area contributed by atoms with Crippen molar-refractivity contribution < 1.29 is 4.74 Å². The van der Waals surface area contributed by atoms with Crippen molar-refractivity contribution in [1.29, 1.82) is 0 Å². The van der Waals surface area contributed by atoms with E-state index in [1.807, 2.05) is 6.26 Å². The van der Waals surface area contributed by atoms with Crippen LogP contribution >= 0.6 is 0 Å². The van der Waals surface area contributed by atoms with E-state index in [0.717, 1.165) is 32.4 Å². The Hall–Kier alpha value is -1.28. The Bertz CT molecular complexity index is 358. The molecule has 1 aromatic carbocycles. The van der Waals surface area contributed by atoms with Crippen molar-refractivity contribution in [1.82, 2.24) is 5.32 Å². The van der Waals surface area contributed by atoms with Gasteiger partial charge in [-0.15, -0.1) is 0 Å². The van der Waals surface area contributed by atoms with Gasteiger partial charge in [-0.1, -0.05) is 37.3 Å². The normalized spacial score (nSPS) is 17.1. The van der Waals surface area contributed by atoms with Crippen LogP contribution in [0, 0.1) is 0 Å². The monoisotopic (exact) mass is 231 g/mol. The number of nitrogens with one attached hydrogen (secondary N) is 1. The van der Waals surface area contributed by atoms with Crippen LogP contribution in [0.25, 0.3) is 0 Å². The molecule has 1 unspecified atom stereocenters. The molecule has 0 aromatic heterocycles. The first-order valence-electron chi connectivity index (χ1n) is 6.50. The van der Waals surface area contributed by atoms with Gasteiger partial charge in [0.15, 0.2) is 0 Å². The van der Waals surface area contributed by atoms with Crippen molar-refractivity contribution in [3.63, 3.8) is 0 Å². The Morgan fingerprint density at radius 2 is 2.12 bits per heavy atom. The van der Waals surface area contributed by atoms with Crippen molar-refractivity contribution in [2.24, 2.45) is 0 Å². The quantitative estimate of drug-likeness (QED) is 0.838. The lowest BCUT2D eigenvalue weighted by molar-refractivity contribution is 0.219. The topological polar surface area (TPSA) is 21.3 Å². The lowest BCUT2D eigenvalue weighted by atomic mass is 9.95. The average molecular weight is 231 g/mol. The van der Waals surface area contributed by atoms with Crippen LogP contribution in [0.3, 0.4) is 0 Å². The molecule has 1 aliphatic rings. The van der Waals surface area contributed by atoms with Gasteiger partial charge in [0.2, 0.25) is 0 Å². The van der Waals surface area contributed by atoms with Crippen LogP contribution in [0.2, 0.25) is 0 Å². The zero-order chi connectivity index (χ0) is 11.9.